The molecule has 0 fully saturated rings. The minimum atomic E-state index is -1.64. The fourth-order valence-corrected chi connectivity index (χ4v) is 7.64. The van der Waals surface area contributed by atoms with Crippen LogP contribution in [0.1, 0.15) is 206 Å². The minimum absolute atomic E-state index is 0.133. The molecule has 0 aliphatic rings. The lowest BCUT2D eigenvalue weighted by Gasteiger charge is -2.26. The minimum Gasteiger partial charge on any atom is -0.545 e. The predicted octanol–water partition coefficient (Wildman–Crippen LogP) is 17.2. The van der Waals surface area contributed by atoms with Crippen LogP contribution in [-0.4, -0.2) is 82.3 Å². The zero-order chi connectivity index (χ0) is 57.6. The van der Waals surface area contributed by atoms with Crippen molar-refractivity contribution in [1.29, 1.82) is 0 Å². The highest BCUT2D eigenvalue weighted by Crippen LogP contribution is 2.14. The summed E-state index contributed by atoms with van der Waals surface area (Å²) in [6.45, 7) is 4.46. The first-order valence-corrected chi connectivity index (χ1v) is 30.6. The fourth-order valence-electron chi connectivity index (χ4n) is 7.64. The topological polar surface area (TPSA) is 111 Å². The van der Waals surface area contributed by atoms with Crippen LogP contribution in [0.15, 0.2) is 158 Å². The summed E-state index contributed by atoms with van der Waals surface area (Å²) >= 11 is 0. The number of rotatable bonds is 54. The lowest BCUT2D eigenvalue weighted by Crippen LogP contribution is -2.44. The van der Waals surface area contributed by atoms with Gasteiger partial charge >= 0.3 is 11.9 Å². The van der Waals surface area contributed by atoms with Gasteiger partial charge in [-0.3, -0.25) is 9.59 Å². The van der Waals surface area contributed by atoms with Crippen LogP contribution >= 0.6 is 0 Å². The maximum absolute atomic E-state index is 12.9. The Labute approximate surface area is 483 Å². The normalized spacial score (nSPS) is 13.9. The van der Waals surface area contributed by atoms with Gasteiger partial charge in [-0.25, -0.2) is 0 Å². The summed E-state index contributed by atoms with van der Waals surface area (Å²) in [7, 11) is 5.90. The van der Waals surface area contributed by atoms with E-state index in [1.54, 1.807) is 0 Å². The molecule has 0 radical (unpaired) electrons. The van der Waals surface area contributed by atoms with Gasteiger partial charge in [0.05, 0.1) is 40.3 Å². The van der Waals surface area contributed by atoms with E-state index in [1.807, 2.05) is 21.1 Å². The number of ether oxygens (including phenoxy) is 4. The molecule has 444 valence electrons. The Morgan fingerprint density at radius 2 is 0.684 bits per heavy atom. The highest BCUT2D eigenvalue weighted by Gasteiger charge is 2.22. The molecule has 0 saturated heterocycles. The summed E-state index contributed by atoms with van der Waals surface area (Å²) in [5.41, 5.74) is 0. The summed E-state index contributed by atoms with van der Waals surface area (Å²) in [6, 6.07) is 0. The Bertz CT molecular complexity index is 1850. The second kappa shape index (κ2) is 59.0. The van der Waals surface area contributed by atoms with Crippen LogP contribution < -0.4 is 5.11 Å². The van der Waals surface area contributed by atoms with E-state index in [-0.39, 0.29) is 38.6 Å². The molecule has 0 aromatic heterocycles. The molecule has 2 atom stereocenters. The van der Waals surface area contributed by atoms with Crippen molar-refractivity contribution in [3.63, 3.8) is 0 Å². The van der Waals surface area contributed by atoms with E-state index in [1.165, 1.54) is 25.7 Å². The maximum Gasteiger partial charge on any atom is 0.306 e. The van der Waals surface area contributed by atoms with Gasteiger partial charge in [0.2, 0.25) is 0 Å². The predicted molar refractivity (Wildman–Crippen MR) is 333 cm³/mol. The molecule has 0 rings (SSSR count). The third kappa shape index (κ3) is 60.4. The molecule has 9 nitrogen and oxygen atoms in total. The Hall–Kier alpha value is -5.09. The number of carboxylic acid groups (broad SMARTS) is 1. The zero-order valence-corrected chi connectivity index (χ0v) is 50.4. The lowest BCUT2D eigenvalue weighted by atomic mass is 10.1. The van der Waals surface area contributed by atoms with Crippen LogP contribution in [-0.2, 0) is 33.3 Å². The molecule has 0 aromatic carbocycles. The number of nitrogens with zero attached hydrogens (tertiary/aromatic N) is 1. The van der Waals surface area contributed by atoms with E-state index < -0.39 is 24.3 Å². The number of carbonyl (C=O) groups excluding carboxylic acids is 3. The number of esters is 2. The van der Waals surface area contributed by atoms with Gasteiger partial charge in [0.15, 0.2) is 12.4 Å². The van der Waals surface area contributed by atoms with E-state index in [4.69, 9.17) is 18.9 Å². The van der Waals surface area contributed by atoms with Gasteiger partial charge in [-0.2, -0.15) is 0 Å². The van der Waals surface area contributed by atoms with Gasteiger partial charge in [-0.05, 0) is 122 Å². The largest absolute Gasteiger partial charge is 0.545 e. The van der Waals surface area contributed by atoms with Gasteiger partial charge in [0.1, 0.15) is 13.2 Å². The van der Waals surface area contributed by atoms with E-state index in [9.17, 15) is 19.5 Å². The van der Waals surface area contributed by atoms with Crippen molar-refractivity contribution < 1.29 is 42.9 Å². The Kier molecular flexibility index (Phi) is 55.2. The number of likely N-dealkylation sites (N-methyl/N-ethyl adjacent to an activating group) is 1. The van der Waals surface area contributed by atoms with Crippen molar-refractivity contribution in [3.05, 3.63) is 158 Å². The molecule has 0 amide bonds. The number of allylic oxidation sites excluding steroid dienone is 26. The molecule has 0 aliphatic carbocycles. The summed E-state index contributed by atoms with van der Waals surface area (Å²) < 4.78 is 22.7. The third-order valence-electron chi connectivity index (χ3n) is 12.3. The zero-order valence-electron chi connectivity index (χ0n) is 50.4. The molecule has 9 heteroatoms. The molecule has 79 heavy (non-hydrogen) atoms. The van der Waals surface area contributed by atoms with Crippen LogP contribution in [0.5, 0.6) is 0 Å². The Morgan fingerprint density at radius 3 is 1.01 bits per heavy atom. The van der Waals surface area contributed by atoms with Crippen molar-refractivity contribution in [3.8, 4) is 0 Å². The fraction of sp³-hybridized carbons (Fsp3) is 0.586. The first-order valence-electron chi connectivity index (χ1n) is 30.6. The molecule has 0 bridgehead atoms. The smallest absolute Gasteiger partial charge is 0.306 e. The van der Waals surface area contributed by atoms with Crippen LogP contribution in [0.4, 0.5) is 0 Å². The number of aliphatic carboxylic acids is 1. The summed E-state index contributed by atoms with van der Waals surface area (Å²) in [4.78, 5) is 37.4. The quantitative estimate of drug-likeness (QED) is 0.0195. The number of hydrogen-bond acceptors (Lipinski definition) is 8. The standard InChI is InChI=1S/C70H111NO8/c1-6-8-10-12-14-16-18-20-22-24-26-28-29-30-31-32-33-34-35-36-37-38-39-41-43-45-47-49-51-53-55-57-59-61-68(73)79-66(65-78-70(69(74)75)76-63-62-71(3,4)5)64-77-67(72)60-58-56-54-52-50-48-46-44-42-40-27-25-23-21-19-17-15-13-11-9-7-2/h8-11,14-17,20-23,26-28,30-31,33-34,36-37,39-41,44,46,66,70H,6-7,12-13,18-19,24-25,29,32,35,38,42-43,45,47-65H2,1-5H3/b10-8-,11-9-,16-14-,17-15-,22-20-,23-21-,28-26-,31-30-,34-33-,37-36-,40-27-,41-39-,46-44-. The Balaban J connectivity index is 4.30. The Morgan fingerprint density at radius 1 is 0.380 bits per heavy atom. The molecule has 0 aliphatic heterocycles. The number of carboxylic acids is 1. The molecule has 0 saturated carbocycles. The van der Waals surface area contributed by atoms with Gasteiger partial charge in [-0.15, -0.1) is 0 Å². The van der Waals surface area contributed by atoms with Crippen LogP contribution in [0.2, 0.25) is 0 Å². The third-order valence-corrected chi connectivity index (χ3v) is 12.3. The highest BCUT2D eigenvalue weighted by molar-refractivity contribution is 5.70. The molecular formula is C70H111NO8. The van der Waals surface area contributed by atoms with E-state index in [2.05, 4.69) is 172 Å². The van der Waals surface area contributed by atoms with E-state index in [0.29, 0.717) is 23.9 Å². The van der Waals surface area contributed by atoms with Gasteiger partial charge in [0.25, 0.3) is 0 Å². The number of carbonyl (C=O) groups is 3. The highest BCUT2D eigenvalue weighted by atomic mass is 16.7. The van der Waals surface area contributed by atoms with Crippen molar-refractivity contribution in [2.45, 2.75) is 219 Å². The summed E-state index contributed by atoms with van der Waals surface area (Å²) in [5, 5.41) is 11.8. The van der Waals surface area contributed by atoms with Crippen LogP contribution in [0, 0.1) is 0 Å². The van der Waals surface area contributed by atoms with Gasteiger partial charge in [0, 0.05) is 12.8 Å². The SMILES string of the molecule is CC/C=C\C/C=C\C/C=C\C/C=C\C/C=C\C/C=C\C/C=C\C/C=C\CCCCCCCCCCC(=O)OC(COC(=O)CCCCCCC/C=C\C/C=C\C/C=C\C/C=C\C/C=C\CC)COC(OCC[N+](C)(C)C)C(=O)[O-]. The molecule has 0 heterocycles. The number of unbranched alkanes of at least 4 members (excludes halogenated alkanes) is 13. The van der Waals surface area contributed by atoms with Crippen LogP contribution in [0.3, 0.4) is 0 Å². The lowest BCUT2D eigenvalue weighted by molar-refractivity contribution is -0.870. The van der Waals surface area contributed by atoms with Gasteiger partial charge < -0.3 is 33.3 Å². The average molecular weight is 1090 g/mol. The second-order valence-electron chi connectivity index (χ2n) is 20.9. The van der Waals surface area contributed by atoms with Crippen LogP contribution in [0.25, 0.3) is 0 Å². The summed E-state index contributed by atoms with van der Waals surface area (Å²) in [5.74, 6) is -2.34. The number of quaternary nitrogens is 1. The van der Waals surface area contributed by atoms with Gasteiger partial charge in [-0.1, -0.05) is 230 Å². The average Bonchev–Trinajstić information content (AvgIpc) is 3.42. The summed E-state index contributed by atoms with van der Waals surface area (Å²) in [6.07, 6.45) is 84.3. The van der Waals surface area contributed by atoms with E-state index >= 15 is 0 Å². The van der Waals surface area contributed by atoms with Crippen molar-refractivity contribution in [2.75, 3.05) is 47.5 Å². The second-order valence-corrected chi connectivity index (χ2v) is 20.9. The monoisotopic (exact) mass is 1090 g/mol. The maximum atomic E-state index is 12.9. The molecular weight excluding hydrogens is 983 g/mol. The first-order chi connectivity index (χ1) is 38.6. The van der Waals surface area contributed by atoms with Crippen molar-refractivity contribution in [1.82, 2.24) is 0 Å². The molecule has 2 unspecified atom stereocenters. The number of hydrogen-bond donors (Lipinski definition) is 0. The molecule has 0 spiro atoms. The van der Waals surface area contributed by atoms with E-state index in [0.717, 1.165) is 141 Å². The molecule has 0 N–H and O–H groups in total. The van der Waals surface area contributed by atoms with Crippen molar-refractivity contribution >= 4 is 17.9 Å². The van der Waals surface area contributed by atoms with Crippen molar-refractivity contribution in [2.24, 2.45) is 0 Å². The molecule has 0 aromatic rings. The first kappa shape index (κ1) is 73.9.